The maximum atomic E-state index is 11.4. The third-order valence-corrected chi connectivity index (χ3v) is 2.73. The molecule has 1 aromatic carbocycles. The Morgan fingerprint density at radius 1 is 1.26 bits per heavy atom. The van der Waals surface area contributed by atoms with Crippen molar-refractivity contribution < 1.29 is 14.3 Å². The van der Waals surface area contributed by atoms with E-state index in [9.17, 15) is 4.79 Å². The van der Waals surface area contributed by atoms with Gasteiger partial charge in [-0.1, -0.05) is 39.0 Å². The number of hydrogen-bond donors (Lipinski definition) is 0. The molecule has 0 aromatic heterocycles. The Labute approximate surface area is 115 Å². The van der Waals surface area contributed by atoms with Gasteiger partial charge in [-0.25, -0.2) is 4.79 Å². The fourth-order valence-electron chi connectivity index (χ4n) is 1.80. The molecule has 0 heterocycles. The number of rotatable bonds is 7. The quantitative estimate of drug-likeness (QED) is 0.425. The van der Waals surface area contributed by atoms with Gasteiger partial charge in [0.2, 0.25) is 0 Å². The van der Waals surface area contributed by atoms with Gasteiger partial charge in [-0.05, 0) is 30.9 Å². The standard InChI is InChI=1S/C16H22O3/c1-5-8-13-10-9-12(4)15(19-14(17)7-3)16(13)18-11-6-2/h7,9-10H,3,5-6,8,11H2,1-2,4H3. The Morgan fingerprint density at radius 2 is 2.00 bits per heavy atom. The highest BCUT2D eigenvalue weighted by molar-refractivity contribution is 5.84. The molecule has 1 rings (SSSR count). The molecule has 0 unspecified atom stereocenters. The van der Waals surface area contributed by atoms with Crippen LogP contribution in [0.2, 0.25) is 0 Å². The van der Waals surface area contributed by atoms with Crippen molar-refractivity contribution in [1.82, 2.24) is 0 Å². The van der Waals surface area contributed by atoms with E-state index in [0.717, 1.165) is 36.5 Å². The maximum absolute atomic E-state index is 11.4. The lowest BCUT2D eigenvalue weighted by Crippen LogP contribution is -2.09. The molecular weight excluding hydrogens is 240 g/mol. The molecule has 3 nitrogen and oxygen atoms in total. The van der Waals surface area contributed by atoms with Gasteiger partial charge in [0, 0.05) is 6.08 Å². The van der Waals surface area contributed by atoms with Crippen LogP contribution in [0.1, 0.15) is 37.8 Å². The highest BCUT2D eigenvalue weighted by Gasteiger charge is 2.16. The average Bonchev–Trinajstić information content (AvgIpc) is 2.41. The molecular formula is C16H22O3. The highest BCUT2D eigenvalue weighted by atomic mass is 16.6. The summed E-state index contributed by atoms with van der Waals surface area (Å²) in [6.45, 7) is 10.1. The number of hydrogen-bond acceptors (Lipinski definition) is 3. The van der Waals surface area contributed by atoms with Crippen LogP contribution in [-0.4, -0.2) is 12.6 Å². The van der Waals surface area contributed by atoms with E-state index in [0.29, 0.717) is 18.1 Å². The zero-order valence-electron chi connectivity index (χ0n) is 12.0. The number of carbonyl (C=O) groups is 1. The summed E-state index contributed by atoms with van der Waals surface area (Å²) < 4.78 is 11.1. The van der Waals surface area contributed by atoms with Crippen LogP contribution >= 0.6 is 0 Å². The molecule has 0 amide bonds. The van der Waals surface area contributed by atoms with E-state index in [1.807, 2.05) is 26.0 Å². The van der Waals surface area contributed by atoms with Crippen LogP contribution in [0.15, 0.2) is 24.8 Å². The van der Waals surface area contributed by atoms with Crippen LogP contribution in [-0.2, 0) is 11.2 Å². The van der Waals surface area contributed by atoms with Crippen LogP contribution in [0, 0.1) is 6.92 Å². The fraction of sp³-hybridized carbons (Fsp3) is 0.438. The van der Waals surface area contributed by atoms with Gasteiger partial charge >= 0.3 is 5.97 Å². The average molecular weight is 262 g/mol. The third kappa shape index (κ3) is 4.12. The predicted molar refractivity (Wildman–Crippen MR) is 76.8 cm³/mol. The van der Waals surface area contributed by atoms with Crippen LogP contribution in [0.25, 0.3) is 0 Å². The van der Waals surface area contributed by atoms with Crippen molar-refractivity contribution in [3.8, 4) is 11.5 Å². The molecule has 0 saturated heterocycles. The first-order valence-electron chi connectivity index (χ1n) is 6.73. The van der Waals surface area contributed by atoms with Crippen molar-refractivity contribution in [3.63, 3.8) is 0 Å². The zero-order valence-corrected chi connectivity index (χ0v) is 12.0. The second-order valence-corrected chi connectivity index (χ2v) is 4.42. The lowest BCUT2D eigenvalue weighted by atomic mass is 10.1. The molecule has 0 atom stereocenters. The van der Waals surface area contributed by atoms with E-state index in [-0.39, 0.29) is 0 Å². The number of ether oxygens (including phenoxy) is 2. The minimum Gasteiger partial charge on any atom is -0.489 e. The van der Waals surface area contributed by atoms with Crippen LogP contribution in [0.5, 0.6) is 11.5 Å². The monoisotopic (exact) mass is 262 g/mol. The SMILES string of the molecule is C=CC(=O)Oc1c(C)ccc(CCC)c1OCCC. The number of aryl methyl sites for hydroxylation is 2. The van der Waals surface area contributed by atoms with E-state index in [1.54, 1.807) is 0 Å². The Balaban J connectivity index is 3.17. The summed E-state index contributed by atoms with van der Waals surface area (Å²) in [6, 6.07) is 3.99. The van der Waals surface area contributed by atoms with Crippen LogP contribution < -0.4 is 9.47 Å². The molecule has 0 saturated carbocycles. The summed E-state index contributed by atoms with van der Waals surface area (Å²) in [6.07, 6.45) is 3.99. The molecule has 19 heavy (non-hydrogen) atoms. The lowest BCUT2D eigenvalue weighted by molar-refractivity contribution is -0.129. The van der Waals surface area contributed by atoms with Crippen molar-refractivity contribution in [2.75, 3.05) is 6.61 Å². The molecule has 0 aliphatic heterocycles. The van der Waals surface area contributed by atoms with E-state index < -0.39 is 5.97 Å². The van der Waals surface area contributed by atoms with Crippen molar-refractivity contribution in [2.45, 2.75) is 40.0 Å². The first kappa shape index (κ1) is 15.3. The van der Waals surface area contributed by atoms with Gasteiger partial charge < -0.3 is 9.47 Å². The van der Waals surface area contributed by atoms with Crippen molar-refractivity contribution in [1.29, 1.82) is 0 Å². The minimum atomic E-state index is -0.460. The molecule has 3 heteroatoms. The second kappa shape index (κ2) is 7.62. The Kier molecular flexibility index (Phi) is 6.13. The number of carbonyl (C=O) groups excluding carboxylic acids is 1. The number of benzene rings is 1. The van der Waals surface area contributed by atoms with Gasteiger partial charge in [-0.15, -0.1) is 0 Å². The topological polar surface area (TPSA) is 35.5 Å². The second-order valence-electron chi connectivity index (χ2n) is 4.42. The van der Waals surface area contributed by atoms with E-state index in [2.05, 4.69) is 13.5 Å². The van der Waals surface area contributed by atoms with Crippen molar-refractivity contribution >= 4 is 5.97 Å². The lowest BCUT2D eigenvalue weighted by Gasteiger charge is -2.16. The molecule has 0 radical (unpaired) electrons. The third-order valence-electron chi connectivity index (χ3n) is 2.73. The van der Waals surface area contributed by atoms with Gasteiger partial charge in [-0.3, -0.25) is 0 Å². The summed E-state index contributed by atoms with van der Waals surface area (Å²) >= 11 is 0. The zero-order chi connectivity index (χ0) is 14.3. The molecule has 0 aliphatic rings. The molecule has 0 bridgehead atoms. The van der Waals surface area contributed by atoms with Crippen molar-refractivity contribution in [2.24, 2.45) is 0 Å². The van der Waals surface area contributed by atoms with Crippen molar-refractivity contribution in [3.05, 3.63) is 35.9 Å². The number of esters is 1. The van der Waals surface area contributed by atoms with E-state index >= 15 is 0 Å². The van der Waals surface area contributed by atoms with E-state index in [4.69, 9.17) is 9.47 Å². The summed E-state index contributed by atoms with van der Waals surface area (Å²) in [7, 11) is 0. The Hall–Kier alpha value is -1.77. The fourth-order valence-corrected chi connectivity index (χ4v) is 1.80. The van der Waals surface area contributed by atoms with E-state index in [1.165, 1.54) is 0 Å². The summed E-state index contributed by atoms with van der Waals surface area (Å²) in [5.74, 6) is 0.751. The van der Waals surface area contributed by atoms with Gasteiger partial charge in [-0.2, -0.15) is 0 Å². The largest absolute Gasteiger partial charge is 0.489 e. The summed E-state index contributed by atoms with van der Waals surface area (Å²) in [5, 5.41) is 0. The minimum absolute atomic E-state index is 0.460. The normalized spacial score (nSPS) is 10.1. The van der Waals surface area contributed by atoms with Gasteiger partial charge in [0.05, 0.1) is 6.61 Å². The van der Waals surface area contributed by atoms with Gasteiger partial charge in [0.15, 0.2) is 11.5 Å². The van der Waals surface area contributed by atoms with Crippen LogP contribution in [0.4, 0.5) is 0 Å². The molecule has 1 aromatic rings. The summed E-state index contributed by atoms with van der Waals surface area (Å²) in [5.41, 5.74) is 1.97. The predicted octanol–water partition coefficient (Wildman–Crippen LogP) is 3.83. The Morgan fingerprint density at radius 3 is 2.58 bits per heavy atom. The van der Waals surface area contributed by atoms with Gasteiger partial charge in [0.25, 0.3) is 0 Å². The van der Waals surface area contributed by atoms with Gasteiger partial charge in [0.1, 0.15) is 0 Å². The maximum Gasteiger partial charge on any atom is 0.335 e. The smallest absolute Gasteiger partial charge is 0.335 e. The highest BCUT2D eigenvalue weighted by Crippen LogP contribution is 2.36. The molecule has 0 spiro atoms. The molecule has 0 aliphatic carbocycles. The molecule has 0 N–H and O–H groups in total. The first-order chi connectivity index (χ1) is 9.13. The first-order valence-corrected chi connectivity index (χ1v) is 6.73. The Bertz CT molecular complexity index is 450. The van der Waals surface area contributed by atoms with Crippen LogP contribution in [0.3, 0.4) is 0 Å². The summed E-state index contributed by atoms with van der Waals surface area (Å²) in [4.78, 5) is 11.4. The molecule has 0 fully saturated rings. The molecule has 104 valence electrons.